The van der Waals surface area contributed by atoms with Gasteiger partial charge in [-0.3, -0.25) is 4.79 Å². The lowest BCUT2D eigenvalue weighted by Gasteiger charge is -2.06. The molecule has 1 rings (SSSR count). The van der Waals surface area contributed by atoms with Gasteiger partial charge in [0.25, 0.3) is 0 Å². The summed E-state index contributed by atoms with van der Waals surface area (Å²) in [5.74, 6) is 0.685. The number of carbonyl (C=O) groups is 1. The molecule has 3 nitrogen and oxygen atoms in total. The van der Waals surface area contributed by atoms with Gasteiger partial charge >= 0.3 is 5.97 Å². The third kappa shape index (κ3) is 4.82. The van der Waals surface area contributed by atoms with Crippen molar-refractivity contribution < 1.29 is 14.3 Å². The molecular formula is C13H18O3. The normalized spacial score (nSPS) is 9.88. The van der Waals surface area contributed by atoms with Gasteiger partial charge in [-0.05, 0) is 32.4 Å². The van der Waals surface area contributed by atoms with E-state index in [1.807, 2.05) is 31.2 Å². The van der Waals surface area contributed by atoms with Gasteiger partial charge in [-0.25, -0.2) is 0 Å². The predicted octanol–water partition coefficient (Wildman–Crippen LogP) is 2.72. The first kappa shape index (κ1) is 12.6. The summed E-state index contributed by atoms with van der Waals surface area (Å²) in [4.78, 5) is 11.0. The number of hydrogen-bond donors (Lipinski definition) is 0. The maximum absolute atomic E-state index is 11.0. The number of benzene rings is 1. The largest absolute Gasteiger partial charge is 0.494 e. The van der Waals surface area contributed by atoms with Crippen LogP contribution in [-0.4, -0.2) is 19.2 Å². The molecule has 0 fully saturated rings. The van der Waals surface area contributed by atoms with Crippen molar-refractivity contribution in [1.29, 1.82) is 0 Å². The van der Waals surface area contributed by atoms with Crippen LogP contribution in [0.4, 0.5) is 0 Å². The van der Waals surface area contributed by atoms with Gasteiger partial charge in [-0.2, -0.15) is 0 Å². The Labute approximate surface area is 96.4 Å². The number of rotatable bonds is 6. The highest BCUT2D eigenvalue weighted by molar-refractivity contribution is 5.69. The Balaban J connectivity index is 2.16. The Morgan fingerprint density at radius 3 is 2.56 bits per heavy atom. The van der Waals surface area contributed by atoms with Crippen LogP contribution in [0, 0.1) is 6.92 Å². The Hall–Kier alpha value is -1.51. The molecule has 1 aromatic carbocycles. The Morgan fingerprint density at radius 1 is 1.25 bits per heavy atom. The highest BCUT2D eigenvalue weighted by Crippen LogP contribution is 2.11. The minimum atomic E-state index is -0.157. The molecule has 0 bridgehead atoms. The molecule has 3 heteroatoms. The van der Waals surface area contributed by atoms with Crippen molar-refractivity contribution in [3.63, 3.8) is 0 Å². The molecule has 1 aromatic rings. The third-order valence-electron chi connectivity index (χ3n) is 2.12. The molecule has 0 aromatic heterocycles. The van der Waals surface area contributed by atoms with E-state index in [1.54, 1.807) is 6.92 Å². The average molecular weight is 222 g/mol. The van der Waals surface area contributed by atoms with E-state index in [2.05, 4.69) is 0 Å². The second-order valence-corrected chi connectivity index (χ2v) is 3.57. The molecule has 0 radical (unpaired) electrons. The van der Waals surface area contributed by atoms with Gasteiger partial charge in [0.1, 0.15) is 5.75 Å². The Kier molecular flexibility index (Phi) is 5.40. The summed E-state index contributed by atoms with van der Waals surface area (Å²) >= 11 is 0. The van der Waals surface area contributed by atoms with Gasteiger partial charge < -0.3 is 9.47 Å². The highest BCUT2D eigenvalue weighted by atomic mass is 16.5. The van der Waals surface area contributed by atoms with Crippen molar-refractivity contribution in [1.82, 2.24) is 0 Å². The summed E-state index contributed by atoms with van der Waals surface area (Å²) in [7, 11) is 0. The lowest BCUT2D eigenvalue weighted by Crippen LogP contribution is -2.06. The molecule has 0 aliphatic carbocycles. The van der Waals surface area contributed by atoms with E-state index in [0.29, 0.717) is 26.1 Å². The van der Waals surface area contributed by atoms with Crippen molar-refractivity contribution in [3.05, 3.63) is 29.8 Å². The molecule has 0 aliphatic heterocycles. The zero-order chi connectivity index (χ0) is 11.8. The minimum absolute atomic E-state index is 0.157. The molecule has 16 heavy (non-hydrogen) atoms. The summed E-state index contributed by atoms with van der Waals surface area (Å²) in [6, 6.07) is 7.86. The fraction of sp³-hybridized carbons (Fsp3) is 0.462. The number of esters is 1. The van der Waals surface area contributed by atoms with E-state index in [9.17, 15) is 4.79 Å². The zero-order valence-corrected chi connectivity index (χ0v) is 9.86. The second-order valence-electron chi connectivity index (χ2n) is 3.57. The number of hydrogen-bond acceptors (Lipinski definition) is 3. The number of aryl methyl sites for hydroxylation is 1. The first-order valence-corrected chi connectivity index (χ1v) is 5.57. The topological polar surface area (TPSA) is 35.5 Å². The first-order chi connectivity index (χ1) is 7.72. The molecule has 0 spiro atoms. The summed E-state index contributed by atoms with van der Waals surface area (Å²) in [6.45, 7) is 4.82. The third-order valence-corrected chi connectivity index (χ3v) is 2.12. The van der Waals surface area contributed by atoms with Gasteiger partial charge in [0, 0.05) is 6.42 Å². The van der Waals surface area contributed by atoms with Crippen LogP contribution in [0.2, 0.25) is 0 Å². The molecular weight excluding hydrogens is 204 g/mol. The Morgan fingerprint density at radius 2 is 1.94 bits per heavy atom. The minimum Gasteiger partial charge on any atom is -0.494 e. The van der Waals surface area contributed by atoms with Crippen LogP contribution in [-0.2, 0) is 9.53 Å². The van der Waals surface area contributed by atoms with E-state index in [0.717, 1.165) is 5.75 Å². The summed E-state index contributed by atoms with van der Waals surface area (Å²) in [5.41, 5.74) is 1.21. The zero-order valence-electron chi connectivity index (χ0n) is 9.86. The summed E-state index contributed by atoms with van der Waals surface area (Å²) in [6.07, 6.45) is 1.10. The number of ether oxygens (including phenoxy) is 2. The molecule has 0 saturated heterocycles. The predicted molar refractivity (Wildman–Crippen MR) is 62.5 cm³/mol. The summed E-state index contributed by atoms with van der Waals surface area (Å²) < 4.78 is 10.3. The molecule has 0 saturated carbocycles. The first-order valence-electron chi connectivity index (χ1n) is 5.57. The van der Waals surface area contributed by atoms with Crippen LogP contribution in [0.15, 0.2) is 24.3 Å². The lowest BCUT2D eigenvalue weighted by molar-refractivity contribution is -0.143. The molecule has 0 heterocycles. The van der Waals surface area contributed by atoms with E-state index in [4.69, 9.17) is 9.47 Å². The molecule has 0 atom stereocenters. The van der Waals surface area contributed by atoms with Gasteiger partial charge in [-0.15, -0.1) is 0 Å². The molecule has 0 unspecified atom stereocenters. The molecule has 0 amide bonds. The van der Waals surface area contributed by atoms with Crippen molar-refractivity contribution in [2.75, 3.05) is 13.2 Å². The number of carbonyl (C=O) groups excluding carboxylic acids is 1. The average Bonchev–Trinajstić information content (AvgIpc) is 2.27. The van der Waals surface area contributed by atoms with Crippen LogP contribution < -0.4 is 4.74 Å². The fourth-order valence-electron chi connectivity index (χ4n) is 1.27. The van der Waals surface area contributed by atoms with Crippen molar-refractivity contribution in [2.45, 2.75) is 26.7 Å². The van der Waals surface area contributed by atoms with E-state index in [-0.39, 0.29) is 5.97 Å². The quantitative estimate of drug-likeness (QED) is 0.548. The SMILES string of the molecule is CCOC(=O)CCCOc1ccc(C)cc1. The van der Waals surface area contributed by atoms with Crippen LogP contribution in [0.3, 0.4) is 0 Å². The summed E-state index contributed by atoms with van der Waals surface area (Å²) in [5, 5.41) is 0. The highest BCUT2D eigenvalue weighted by Gasteiger charge is 2.01. The molecule has 88 valence electrons. The van der Waals surface area contributed by atoms with Gasteiger partial charge in [0.15, 0.2) is 0 Å². The van der Waals surface area contributed by atoms with E-state index < -0.39 is 0 Å². The van der Waals surface area contributed by atoms with Crippen LogP contribution in [0.25, 0.3) is 0 Å². The van der Waals surface area contributed by atoms with Crippen LogP contribution in [0.5, 0.6) is 5.75 Å². The standard InChI is InChI=1S/C13H18O3/c1-3-15-13(14)5-4-10-16-12-8-6-11(2)7-9-12/h6-9H,3-5,10H2,1-2H3. The van der Waals surface area contributed by atoms with Crippen LogP contribution >= 0.6 is 0 Å². The van der Waals surface area contributed by atoms with E-state index >= 15 is 0 Å². The monoisotopic (exact) mass is 222 g/mol. The van der Waals surface area contributed by atoms with Crippen molar-refractivity contribution >= 4 is 5.97 Å². The van der Waals surface area contributed by atoms with Crippen LogP contribution in [0.1, 0.15) is 25.3 Å². The molecule has 0 N–H and O–H groups in total. The fourth-order valence-corrected chi connectivity index (χ4v) is 1.27. The maximum Gasteiger partial charge on any atom is 0.305 e. The van der Waals surface area contributed by atoms with Gasteiger partial charge in [0.05, 0.1) is 13.2 Å². The van der Waals surface area contributed by atoms with Gasteiger partial charge in [-0.1, -0.05) is 17.7 Å². The Bertz CT molecular complexity index is 316. The van der Waals surface area contributed by atoms with Crippen molar-refractivity contribution in [3.8, 4) is 5.75 Å². The van der Waals surface area contributed by atoms with Crippen molar-refractivity contribution in [2.24, 2.45) is 0 Å². The maximum atomic E-state index is 11.0. The smallest absolute Gasteiger partial charge is 0.305 e. The molecule has 0 aliphatic rings. The second kappa shape index (κ2) is 6.88. The van der Waals surface area contributed by atoms with Gasteiger partial charge in [0.2, 0.25) is 0 Å². The van der Waals surface area contributed by atoms with E-state index in [1.165, 1.54) is 5.56 Å². The lowest BCUT2D eigenvalue weighted by atomic mass is 10.2.